The zero-order valence-corrected chi connectivity index (χ0v) is 16.8. The molecule has 1 fully saturated rings. The van der Waals surface area contributed by atoms with Crippen molar-refractivity contribution in [1.29, 1.82) is 0 Å². The molecule has 0 radical (unpaired) electrons. The molecule has 0 aliphatic carbocycles. The van der Waals surface area contributed by atoms with E-state index >= 15 is 0 Å². The van der Waals surface area contributed by atoms with Gasteiger partial charge in [-0.15, -0.1) is 0 Å². The molecule has 5 rings (SSSR count). The van der Waals surface area contributed by atoms with Crippen molar-refractivity contribution in [3.63, 3.8) is 0 Å². The molecule has 0 bridgehead atoms. The minimum atomic E-state index is -0.340. The highest BCUT2D eigenvalue weighted by molar-refractivity contribution is 5.87. The second-order valence-electron chi connectivity index (χ2n) is 7.87. The Labute approximate surface area is 168 Å². The van der Waals surface area contributed by atoms with Crippen molar-refractivity contribution in [2.24, 2.45) is 0 Å². The number of aryl methyl sites for hydroxylation is 1. The van der Waals surface area contributed by atoms with Crippen LogP contribution in [0.15, 0.2) is 52.1 Å². The fourth-order valence-corrected chi connectivity index (χ4v) is 3.90. The lowest BCUT2D eigenvalue weighted by Gasteiger charge is -2.39. The number of fused-ring (bicyclic) bond motifs is 2. The second kappa shape index (κ2) is 6.70. The lowest BCUT2D eigenvalue weighted by molar-refractivity contribution is 0.234. The highest BCUT2D eigenvalue weighted by Gasteiger charge is 2.21. The molecule has 0 N–H and O–H groups in total. The smallest absolute Gasteiger partial charge is 0.344 e. The van der Waals surface area contributed by atoms with Crippen molar-refractivity contribution >= 4 is 22.1 Å². The van der Waals surface area contributed by atoms with Gasteiger partial charge >= 0.3 is 5.63 Å². The summed E-state index contributed by atoms with van der Waals surface area (Å²) in [6, 6.07) is 8.39. The van der Waals surface area contributed by atoms with Gasteiger partial charge in [-0.05, 0) is 44.5 Å². The molecule has 4 aromatic rings. The average Bonchev–Trinajstić information content (AvgIpc) is 3.13. The van der Waals surface area contributed by atoms with E-state index in [0.29, 0.717) is 28.5 Å². The van der Waals surface area contributed by atoms with Crippen molar-refractivity contribution in [2.75, 3.05) is 31.6 Å². The molecule has 1 saturated heterocycles. The number of benzene rings is 1. The van der Waals surface area contributed by atoms with Gasteiger partial charge < -0.3 is 18.6 Å². The minimum absolute atomic E-state index is 0.340. The van der Waals surface area contributed by atoms with Gasteiger partial charge in [0.2, 0.25) is 0 Å². The van der Waals surface area contributed by atoms with Crippen LogP contribution >= 0.6 is 0 Å². The number of anilines is 1. The second-order valence-corrected chi connectivity index (χ2v) is 7.87. The van der Waals surface area contributed by atoms with Crippen LogP contribution in [0.1, 0.15) is 12.6 Å². The lowest BCUT2D eigenvalue weighted by atomic mass is 10.1. The van der Waals surface area contributed by atoms with E-state index in [1.54, 1.807) is 6.20 Å². The molecule has 1 aromatic carbocycles. The Balaban J connectivity index is 1.54. The third kappa shape index (κ3) is 3.17. The average molecular weight is 389 g/mol. The Kier molecular flexibility index (Phi) is 4.13. The van der Waals surface area contributed by atoms with Gasteiger partial charge in [0.15, 0.2) is 11.4 Å². The fourth-order valence-electron chi connectivity index (χ4n) is 3.90. The summed E-state index contributed by atoms with van der Waals surface area (Å²) < 4.78 is 7.53. The van der Waals surface area contributed by atoms with Crippen LogP contribution in [0.25, 0.3) is 27.9 Å². The minimum Gasteiger partial charge on any atom is -0.421 e. The lowest BCUT2D eigenvalue weighted by Crippen LogP contribution is -2.50. The molecule has 7 nitrogen and oxygen atoms in total. The number of rotatable bonds is 2. The van der Waals surface area contributed by atoms with E-state index in [2.05, 4.69) is 39.8 Å². The van der Waals surface area contributed by atoms with Crippen LogP contribution in [-0.2, 0) is 0 Å². The van der Waals surface area contributed by atoms with Crippen LogP contribution in [0, 0.1) is 6.92 Å². The number of aromatic nitrogens is 3. The molecule has 0 spiro atoms. The van der Waals surface area contributed by atoms with E-state index in [4.69, 9.17) is 4.42 Å². The molecule has 4 heterocycles. The molecule has 1 atom stereocenters. The first kappa shape index (κ1) is 17.9. The Morgan fingerprint density at radius 3 is 2.86 bits per heavy atom. The number of hydrogen-bond acceptors (Lipinski definition) is 6. The highest BCUT2D eigenvalue weighted by Crippen LogP contribution is 2.26. The van der Waals surface area contributed by atoms with Gasteiger partial charge in [0.25, 0.3) is 0 Å². The zero-order valence-electron chi connectivity index (χ0n) is 16.8. The van der Waals surface area contributed by atoms with Gasteiger partial charge in [-0.25, -0.2) is 9.78 Å². The Morgan fingerprint density at radius 2 is 2.03 bits per heavy atom. The van der Waals surface area contributed by atoms with Crippen molar-refractivity contribution in [2.45, 2.75) is 19.9 Å². The van der Waals surface area contributed by atoms with Crippen molar-refractivity contribution in [3.05, 3.63) is 59.0 Å². The maximum Gasteiger partial charge on any atom is 0.344 e. The number of nitrogens with zero attached hydrogens (tertiary/aromatic N) is 5. The molecule has 1 aliphatic heterocycles. The Morgan fingerprint density at radius 1 is 1.17 bits per heavy atom. The summed E-state index contributed by atoms with van der Waals surface area (Å²) in [6.45, 7) is 7.05. The first-order valence-electron chi connectivity index (χ1n) is 9.83. The van der Waals surface area contributed by atoms with Crippen LogP contribution in [0.2, 0.25) is 0 Å². The summed E-state index contributed by atoms with van der Waals surface area (Å²) in [5, 5.41) is 1.45. The van der Waals surface area contributed by atoms with Gasteiger partial charge in [-0.3, -0.25) is 4.98 Å². The van der Waals surface area contributed by atoms with Crippen molar-refractivity contribution < 1.29 is 4.42 Å². The van der Waals surface area contributed by atoms with E-state index in [1.807, 2.05) is 41.9 Å². The van der Waals surface area contributed by atoms with Gasteiger partial charge in [0.1, 0.15) is 5.69 Å². The third-order valence-corrected chi connectivity index (χ3v) is 5.79. The molecular formula is C22H23N5O2. The number of hydrogen-bond donors (Lipinski definition) is 0. The van der Waals surface area contributed by atoms with E-state index in [-0.39, 0.29) is 5.63 Å². The predicted molar refractivity (Wildman–Crippen MR) is 114 cm³/mol. The first-order valence-corrected chi connectivity index (χ1v) is 9.83. The van der Waals surface area contributed by atoms with Crippen LogP contribution in [0.3, 0.4) is 0 Å². The van der Waals surface area contributed by atoms with E-state index in [1.165, 1.54) is 0 Å². The quantitative estimate of drug-likeness (QED) is 0.525. The summed E-state index contributed by atoms with van der Waals surface area (Å²) in [7, 11) is 2.15. The summed E-state index contributed by atoms with van der Waals surface area (Å²) in [4.78, 5) is 26.2. The number of imidazole rings is 1. The molecule has 0 saturated carbocycles. The zero-order chi connectivity index (χ0) is 20.1. The Bertz CT molecular complexity index is 1280. The molecule has 1 unspecified atom stereocenters. The van der Waals surface area contributed by atoms with Crippen LogP contribution in [-0.4, -0.2) is 52.0 Å². The van der Waals surface area contributed by atoms with Gasteiger partial charge in [-0.1, -0.05) is 6.07 Å². The third-order valence-electron chi connectivity index (χ3n) is 5.79. The first-order chi connectivity index (χ1) is 14.0. The van der Waals surface area contributed by atoms with Gasteiger partial charge in [0, 0.05) is 43.8 Å². The van der Waals surface area contributed by atoms with Crippen LogP contribution in [0.5, 0.6) is 0 Å². The monoisotopic (exact) mass is 389 g/mol. The summed E-state index contributed by atoms with van der Waals surface area (Å²) >= 11 is 0. The molecule has 0 amide bonds. The summed E-state index contributed by atoms with van der Waals surface area (Å²) in [5.74, 6) is 0.463. The number of likely N-dealkylation sites (N-methyl/N-ethyl adjacent to an activating group) is 1. The summed E-state index contributed by atoms with van der Waals surface area (Å²) in [5.41, 5.74) is 2.95. The van der Waals surface area contributed by atoms with E-state index < -0.39 is 0 Å². The maximum atomic E-state index is 12.8. The standard InChI is InChI=1S/C22H23N5O2/c1-14-11-27-13-19(24-21(27)10-23-14)20-8-16-4-5-17(9-18(16)22(28)29-20)26-7-6-25(3)15(2)12-26/h4-5,8-11,13,15H,6-7,12H2,1-3H3. The number of piperazine rings is 1. The SMILES string of the molecule is Cc1cn2cc(-c3cc4ccc(N5CCN(C)C(C)C5)cc4c(=O)o3)nc2cn1. The molecule has 7 heteroatoms. The molecule has 1 aliphatic rings. The molecule has 3 aromatic heterocycles. The van der Waals surface area contributed by atoms with Crippen molar-refractivity contribution in [3.8, 4) is 11.5 Å². The van der Waals surface area contributed by atoms with Crippen molar-refractivity contribution in [1.82, 2.24) is 19.3 Å². The van der Waals surface area contributed by atoms with Crippen LogP contribution < -0.4 is 10.5 Å². The summed E-state index contributed by atoms with van der Waals surface area (Å²) in [6.07, 6.45) is 5.46. The fraction of sp³-hybridized carbons (Fsp3) is 0.318. The van der Waals surface area contributed by atoms with E-state index in [9.17, 15) is 4.79 Å². The van der Waals surface area contributed by atoms with Gasteiger partial charge in [-0.2, -0.15) is 0 Å². The predicted octanol–water partition coefficient (Wildman–Crippen LogP) is 2.95. The largest absolute Gasteiger partial charge is 0.421 e. The topological polar surface area (TPSA) is 66.9 Å². The molecular weight excluding hydrogens is 366 g/mol. The molecule has 29 heavy (non-hydrogen) atoms. The van der Waals surface area contributed by atoms with Crippen LogP contribution in [0.4, 0.5) is 5.69 Å². The maximum absolute atomic E-state index is 12.8. The highest BCUT2D eigenvalue weighted by atomic mass is 16.4. The van der Waals surface area contributed by atoms with Gasteiger partial charge in [0.05, 0.1) is 17.3 Å². The Hall–Kier alpha value is -3.19. The normalized spacial score (nSPS) is 18.0. The molecule has 148 valence electrons. The van der Waals surface area contributed by atoms with E-state index in [0.717, 1.165) is 36.4 Å².